The van der Waals surface area contributed by atoms with E-state index in [0.29, 0.717) is 5.54 Å². The maximum Gasteiger partial charge on any atom is 0.0337 e. The average molecular weight is 280 g/mol. The molecule has 3 aliphatic rings. The summed E-state index contributed by atoms with van der Waals surface area (Å²) in [7, 11) is 0. The van der Waals surface area contributed by atoms with E-state index in [2.05, 4.69) is 23.6 Å². The second-order valence-corrected chi connectivity index (χ2v) is 7.11. The fourth-order valence-electron chi connectivity index (χ4n) is 4.26. The predicted octanol–water partition coefficient (Wildman–Crippen LogP) is 4.30. The Morgan fingerprint density at radius 2 is 1.25 bits per heavy atom. The van der Waals surface area contributed by atoms with Crippen molar-refractivity contribution in [1.29, 1.82) is 0 Å². The summed E-state index contributed by atoms with van der Waals surface area (Å²) in [6.45, 7) is 11.3. The molecule has 0 radical (unpaired) electrons. The van der Waals surface area contributed by atoms with E-state index in [1.165, 1.54) is 96.9 Å². The molecule has 2 bridgehead atoms. The summed E-state index contributed by atoms with van der Waals surface area (Å²) < 4.78 is 0. The molecule has 0 aliphatic carbocycles. The van der Waals surface area contributed by atoms with Crippen molar-refractivity contribution >= 4 is 0 Å². The van der Waals surface area contributed by atoms with Crippen molar-refractivity contribution in [3.63, 3.8) is 0 Å². The highest BCUT2D eigenvalue weighted by molar-refractivity contribution is 5.00. The molecule has 3 saturated heterocycles. The van der Waals surface area contributed by atoms with Crippen molar-refractivity contribution in [3.05, 3.63) is 0 Å². The third-order valence-corrected chi connectivity index (χ3v) is 5.55. The van der Waals surface area contributed by atoms with Gasteiger partial charge in [0.15, 0.2) is 0 Å². The number of hydrogen-bond acceptors (Lipinski definition) is 2. The number of piperazine rings is 3. The van der Waals surface area contributed by atoms with Gasteiger partial charge in [-0.25, -0.2) is 0 Å². The number of rotatable bonds is 10. The summed E-state index contributed by atoms with van der Waals surface area (Å²) in [5, 5.41) is 0. The Morgan fingerprint density at radius 1 is 0.700 bits per heavy atom. The Kier molecular flexibility index (Phi) is 6.83. The van der Waals surface area contributed by atoms with E-state index in [9.17, 15) is 0 Å². The van der Waals surface area contributed by atoms with E-state index in [4.69, 9.17) is 0 Å². The second kappa shape index (κ2) is 8.38. The Labute approximate surface area is 126 Å². The van der Waals surface area contributed by atoms with Gasteiger partial charge in [0.05, 0.1) is 0 Å². The minimum Gasteiger partial charge on any atom is -0.299 e. The molecule has 20 heavy (non-hydrogen) atoms. The van der Waals surface area contributed by atoms with Gasteiger partial charge >= 0.3 is 0 Å². The molecule has 0 aromatic carbocycles. The molecule has 0 saturated carbocycles. The summed E-state index contributed by atoms with van der Waals surface area (Å²) in [6, 6.07) is 0. The zero-order chi connectivity index (χ0) is 14.3. The van der Waals surface area contributed by atoms with E-state index in [-0.39, 0.29) is 0 Å². The molecule has 0 amide bonds. The lowest BCUT2D eigenvalue weighted by Gasteiger charge is -2.56. The van der Waals surface area contributed by atoms with Crippen molar-refractivity contribution in [1.82, 2.24) is 9.80 Å². The number of nitrogens with zero attached hydrogens (tertiary/aromatic N) is 2. The van der Waals surface area contributed by atoms with Crippen LogP contribution in [0.25, 0.3) is 0 Å². The van der Waals surface area contributed by atoms with Crippen LogP contribution in [-0.4, -0.2) is 48.1 Å². The third-order valence-electron chi connectivity index (χ3n) is 5.55. The molecule has 0 N–H and O–H groups in total. The van der Waals surface area contributed by atoms with E-state index in [1.54, 1.807) is 0 Å². The van der Waals surface area contributed by atoms with Gasteiger partial charge < -0.3 is 0 Å². The van der Waals surface area contributed by atoms with Crippen LogP contribution in [0.2, 0.25) is 0 Å². The number of fused-ring (bicyclic) bond motifs is 3. The van der Waals surface area contributed by atoms with Gasteiger partial charge in [0, 0.05) is 38.3 Å². The number of unbranched alkanes of at least 4 members (excludes halogenated alkanes) is 6. The van der Waals surface area contributed by atoms with Crippen LogP contribution in [0.4, 0.5) is 0 Å². The van der Waals surface area contributed by atoms with Gasteiger partial charge in [-0.3, -0.25) is 9.80 Å². The Morgan fingerprint density at radius 3 is 1.65 bits per heavy atom. The summed E-state index contributed by atoms with van der Waals surface area (Å²) in [6.07, 6.45) is 14.3. The molecular formula is C18H36N2. The maximum absolute atomic E-state index is 2.87. The first-order valence-electron chi connectivity index (χ1n) is 9.28. The molecule has 0 aromatic rings. The molecule has 2 heteroatoms. The molecule has 3 fully saturated rings. The highest BCUT2D eigenvalue weighted by Crippen LogP contribution is 2.35. The maximum atomic E-state index is 2.87. The minimum atomic E-state index is 0.554. The van der Waals surface area contributed by atoms with Gasteiger partial charge in [-0.05, 0) is 12.8 Å². The van der Waals surface area contributed by atoms with E-state index in [0.717, 1.165) is 0 Å². The van der Waals surface area contributed by atoms with Gasteiger partial charge in [0.25, 0.3) is 0 Å². The highest BCUT2D eigenvalue weighted by Gasteiger charge is 2.43. The van der Waals surface area contributed by atoms with Gasteiger partial charge in [-0.2, -0.15) is 0 Å². The fraction of sp³-hybridized carbons (Fsp3) is 1.00. The summed E-state index contributed by atoms with van der Waals surface area (Å²) in [5.41, 5.74) is 0.554. The topological polar surface area (TPSA) is 6.48 Å². The Hall–Kier alpha value is -0.0800. The zero-order valence-corrected chi connectivity index (χ0v) is 14.0. The highest BCUT2D eigenvalue weighted by atomic mass is 15.4. The van der Waals surface area contributed by atoms with E-state index < -0.39 is 0 Å². The van der Waals surface area contributed by atoms with E-state index in [1.807, 2.05) is 0 Å². The molecule has 0 aromatic heterocycles. The van der Waals surface area contributed by atoms with Gasteiger partial charge in [-0.15, -0.1) is 0 Å². The monoisotopic (exact) mass is 280 g/mol. The van der Waals surface area contributed by atoms with Gasteiger partial charge in [0.1, 0.15) is 0 Å². The molecule has 2 nitrogen and oxygen atoms in total. The van der Waals surface area contributed by atoms with Crippen LogP contribution in [0, 0.1) is 0 Å². The first-order valence-corrected chi connectivity index (χ1v) is 9.28. The van der Waals surface area contributed by atoms with Crippen LogP contribution in [0.15, 0.2) is 0 Å². The lowest BCUT2D eigenvalue weighted by molar-refractivity contribution is -0.0654. The summed E-state index contributed by atoms with van der Waals surface area (Å²) >= 11 is 0. The van der Waals surface area contributed by atoms with Crippen LogP contribution < -0.4 is 0 Å². The third kappa shape index (κ3) is 4.21. The van der Waals surface area contributed by atoms with Crippen molar-refractivity contribution < 1.29 is 0 Å². The van der Waals surface area contributed by atoms with Crippen molar-refractivity contribution in [2.24, 2.45) is 0 Å². The lowest BCUT2D eigenvalue weighted by Crippen LogP contribution is -2.68. The predicted molar refractivity (Wildman–Crippen MR) is 88.3 cm³/mol. The standard InChI is InChI=1S/C18H36N2/c1-3-5-7-9-11-18(12-10-8-6-4-2)17-19-13-15-20(18)16-14-19/h3-17H2,1-2H3. The molecule has 0 spiro atoms. The SMILES string of the molecule is CCCCCCC1(CCCCCC)CN2CCN1CC2. The van der Waals surface area contributed by atoms with Crippen molar-refractivity contribution in [3.8, 4) is 0 Å². The Bertz CT molecular complexity index is 244. The van der Waals surface area contributed by atoms with Crippen LogP contribution >= 0.6 is 0 Å². The minimum absolute atomic E-state index is 0.554. The Balaban J connectivity index is 1.85. The molecule has 0 atom stereocenters. The van der Waals surface area contributed by atoms with Crippen LogP contribution in [0.3, 0.4) is 0 Å². The smallest absolute Gasteiger partial charge is 0.0337 e. The first kappa shape index (κ1) is 16.3. The normalized spacial score (nSPS) is 27.9. The molecule has 3 aliphatic heterocycles. The lowest BCUT2D eigenvalue weighted by atomic mass is 9.81. The summed E-state index contributed by atoms with van der Waals surface area (Å²) in [4.78, 5) is 5.60. The fourth-order valence-corrected chi connectivity index (χ4v) is 4.26. The van der Waals surface area contributed by atoms with E-state index >= 15 is 0 Å². The van der Waals surface area contributed by atoms with Gasteiger partial charge in [0.2, 0.25) is 0 Å². The van der Waals surface area contributed by atoms with Crippen LogP contribution in [-0.2, 0) is 0 Å². The molecule has 0 unspecified atom stereocenters. The van der Waals surface area contributed by atoms with Crippen molar-refractivity contribution in [2.45, 2.75) is 83.6 Å². The average Bonchev–Trinajstić information content (AvgIpc) is 2.50. The van der Waals surface area contributed by atoms with Gasteiger partial charge in [-0.1, -0.05) is 65.2 Å². The molecular weight excluding hydrogens is 244 g/mol. The quantitative estimate of drug-likeness (QED) is 0.551. The molecule has 118 valence electrons. The molecule has 3 heterocycles. The first-order chi connectivity index (χ1) is 9.80. The summed E-state index contributed by atoms with van der Waals surface area (Å²) in [5.74, 6) is 0. The zero-order valence-electron chi connectivity index (χ0n) is 14.0. The molecule has 3 rings (SSSR count). The van der Waals surface area contributed by atoms with Crippen molar-refractivity contribution in [2.75, 3.05) is 32.7 Å². The van der Waals surface area contributed by atoms with Crippen LogP contribution in [0.5, 0.6) is 0 Å². The second-order valence-electron chi connectivity index (χ2n) is 7.11. The number of hydrogen-bond donors (Lipinski definition) is 0. The largest absolute Gasteiger partial charge is 0.299 e. The van der Waals surface area contributed by atoms with Crippen LogP contribution in [0.1, 0.15) is 78.1 Å².